The molecule has 0 N–H and O–H groups in total. The minimum atomic E-state index is -0.458. The standard InChI is InChI=1S/C18H14O5/c1-21-18(20)11-22-16-5-3-2-4-14(16)17-9-13-8-12(10-19)6-7-15(13)23-17/h2-10H,11H2,1H3. The lowest BCUT2D eigenvalue weighted by Crippen LogP contribution is -2.12. The van der Waals surface area contributed by atoms with E-state index in [1.54, 1.807) is 24.3 Å². The second kappa shape index (κ2) is 6.36. The number of aldehydes is 1. The molecule has 0 aliphatic carbocycles. The van der Waals surface area contributed by atoms with Crippen LogP contribution in [-0.2, 0) is 9.53 Å². The zero-order chi connectivity index (χ0) is 16.2. The van der Waals surface area contributed by atoms with E-state index in [9.17, 15) is 9.59 Å². The van der Waals surface area contributed by atoms with Gasteiger partial charge in [-0.2, -0.15) is 0 Å². The molecule has 2 aromatic carbocycles. The van der Waals surface area contributed by atoms with Crippen LogP contribution in [0.1, 0.15) is 10.4 Å². The molecule has 0 aliphatic rings. The summed E-state index contributed by atoms with van der Waals surface area (Å²) in [6, 6.07) is 14.3. The van der Waals surface area contributed by atoms with Crippen LogP contribution in [0.15, 0.2) is 52.9 Å². The van der Waals surface area contributed by atoms with Crippen LogP contribution < -0.4 is 4.74 Å². The lowest BCUT2D eigenvalue weighted by Gasteiger charge is -2.08. The van der Waals surface area contributed by atoms with Gasteiger partial charge in [0, 0.05) is 10.9 Å². The van der Waals surface area contributed by atoms with Gasteiger partial charge in [0.25, 0.3) is 0 Å². The Bertz CT molecular complexity index is 863. The molecular weight excluding hydrogens is 296 g/mol. The largest absolute Gasteiger partial charge is 0.481 e. The molecule has 1 aromatic heterocycles. The smallest absolute Gasteiger partial charge is 0.343 e. The van der Waals surface area contributed by atoms with Gasteiger partial charge in [-0.15, -0.1) is 0 Å². The summed E-state index contributed by atoms with van der Waals surface area (Å²) in [4.78, 5) is 22.1. The summed E-state index contributed by atoms with van der Waals surface area (Å²) in [7, 11) is 1.31. The first-order valence-electron chi connectivity index (χ1n) is 6.99. The van der Waals surface area contributed by atoms with Crippen molar-refractivity contribution in [3.8, 4) is 17.1 Å². The van der Waals surface area contributed by atoms with Crippen LogP contribution in [0.3, 0.4) is 0 Å². The van der Waals surface area contributed by atoms with Crippen molar-refractivity contribution >= 4 is 23.2 Å². The van der Waals surface area contributed by atoms with Crippen LogP contribution >= 0.6 is 0 Å². The minimum absolute atomic E-state index is 0.178. The number of hydrogen-bond donors (Lipinski definition) is 0. The Hall–Kier alpha value is -3.08. The number of furan rings is 1. The normalized spacial score (nSPS) is 10.5. The molecular formula is C18H14O5. The van der Waals surface area contributed by atoms with Crippen molar-refractivity contribution < 1.29 is 23.5 Å². The quantitative estimate of drug-likeness (QED) is 0.533. The number of para-hydroxylation sites is 1. The van der Waals surface area contributed by atoms with E-state index >= 15 is 0 Å². The van der Waals surface area contributed by atoms with Crippen molar-refractivity contribution in [3.63, 3.8) is 0 Å². The van der Waals surface area contributed by atoms with E-state index in [-0.39, 0.29) is 6.61 Å². The van der Waals surface area contributed by atoms with Crippen molar-refractivity contribution in [2.24, 2.45) is 0 Å². The van der Waals surface area contributed by atoms with Gasteiger partial charge in [0.15, 0.2) is 6.61 Å². The molecule has 5 heteroatoms. The molecule has 3 rings (SSSR count). The number of carbonyl (C=O) groups excluding carboxylic acids is 2. The second-order valence-electron chi connectivity index (χ2n) is 4.89. The van der Waals surface area contributed by atoms with Crippen molar-refractivity contribution in [1.82, 2.24) is 0 Å². The van der Waals surface area contributed by atoms with Gasteiger partial charge in [-0.1, -0.05) is 12.1 Å². The third-order valence-electron chi connectivity index (χ3n) is 3.40. The van der Waals surface area contributed by atoms with Crippen LogP contribution in [0.4, 0.5) is 0 Å². The number of fused-ring (bicyclic) bond motifs is 1. The first-order valence-corrected chi connectivity index (χ1v) is 6.99. The highest BCUT2D eigenvalue weighted by Crippen LogP contribution is 2.34. The summed E-state index contributed by atoms with van der Waals surface area (Å²) in [5.41, 5.74) is 1.98. The van der Waals surface area contributed by atoms with Gasteiger partial charge in [-0.25, -0.2) is 4.79 Å². The van der Waals surface area contributed by atoms with E-state index in [2.05, 4.69) is 4.74 Å². The Morgan fingerprint density at radius 1 is 1.17 bits per heavy atom. The van der Waals surface area contributed by atoms with E-state index in [4.69, 9.17) is 9.15 Å². The molecule has 0 amide bonds. The average molecular weight is 310 g/mol. The van der Waals surface area contributed by atoms with Gasteiger partial charge in [-0.3, -0.25) is 4.79 Å². The second-order valence-corrected chi connectivity index (χ2v) is 4.89. The predicted molar refractivity (Wildman–Crippen MR) is 84.5 cm³/mol. The summed E-state index contributed by atoms with van der Waals surface area (Å²) in [5.74, 6) is 0.663. The highest BCUT2D eigenvalue weighted by molar-refractivity contribution is 5.89. The molecule has 23 heavy (non-hydrogen) atoms. The maximum atomic E-state index is 11.2. The summed E-state index contributed by atoms with van der Waals surface area (Å²) >= 11 is 0. The Kier molecular flexibility index (Phi) is 4.10. The Labute approximate surface area is 132 Å². The third-order valence-corrected chi connectivity index (χ3v) is 3.40. The van der Waals surface area contributed by atoms with Gasteiger partial charge in [0.1, 0.15) is 23.4 Å². The highest BCUT2D eigenvalue weighted by atomic mass is 16.6. The predicted octanol–water partition coefficient (Wildman–Crippen LogP) is 3.46. The van der Waals surface area contributed by atoms with Crippen LogP contribution in [0.2, 0.25) is 0 Å². The molecule has 0 atom stereocenters. The first-order chi connectivity index (χ1) is 11.2. The number of carbonyl (C=O) groups is 2. The molecule has 0 bridgehead atoms. The van der Waals surface area contributed by atoms with Crippen molar-refractivity contribution in [1.29, 1.82) is 0 Å². The Morgan fingerprint density at radius 2 is 2.00 bits per heavy atom. The molecule has 1 heterocycles. The molecule has 0 unspecified atom stereocenters. The summed E-state index contributed by atoms with van der Waals surface area (Å²) in [6.45, 7) is -0.178. The van der Waals surface area contributed by atoms with Gasteiger partial charge in [0.05, 0.1) is 12.7 Å². The third kappa shape index (κ3) is 3.08. The number of esters is 1. The number of hydrogen-bond acceptors (Lipinski definition) is 5. The van der Waals surface area contributed by atoms with Crippen LogP contribution in [0, 0.1) is 0 Å². The maximum Gasteiger partial charge on any atom is 0.343 e. The zero-order valence-corrected chi connectivity index (χ0v) is 12.4. The number of ether oxygens (including phenoxy) is 2. The lowest BCUT2D eigenvalue weighted by atomic mass is 10.1. The van der Waals surface area contributed by atoms with E-state index in [1.807, 2.05) is 24.3 Å². The SMILES string of the molecule is COC(=O)COc1ccccc1-c1cc2cc(C=O)ccc2o1. The fourth-order valence-corrected chi connectivity index (χ4v) is 2.26. The topological polar surface area (TPSA) is 65.7 Å². The summed E-state index contributed by atoms with van der Waals surface area (Å²) in [5, 5.41) is 0.826. The molecule has 0 saturated heterocycles. The molecule has 0 aliphatic heterocycles. The lowest BCUT2D eigenvalue weighted by molar-refractivity contribution is -0.142. The van der Waals surface area contributed by atoms with E-state index in [1.165, 1.54) is 7.11 Å². The first kappa shape index (κ1) is 14.8. The van der Waals surface area contributed by atoms with E-state index in [0.717, 1.165) is 17.2 Å². The molecule has 116 valence electrons. The van der Waals surface area contributed by atoms with Gasteiger partial charge in [-0.05, 0) is 36.4 Å². The van der Waals surface area contributed by atoms with Crippen LogP contribution in [0.5, 0.6) is 5.75 Å². The van der Waals surface area contributed by atoms with E-state index in [0.29, 0.717) is 22.7 Å². The van der Waals surface area contributed by atoms with Gasteiger partial charge in [0.2, 0.25) is 0 Å². The number of rotatable bonds is 5. The molecule has 3 aromatic rings. The highest BCUT2D eigenvalue weighted by Gasteiger charge is 2.13. The molecule has 0 fully saturated rings. The fraction of sp³-hybridized carbons (Fsp3) is 0.111. The van der Waals surface area contributed by atoms with Crippen LogP contribution in [0.25, 0.3) is 22.3 Å². The average Bonchev–Trinajstić information content (AvgIpc) is 3.02. The summed E-state index contributed by atoms with van der Waals surface area (Å²) < 4.78 is 15.9. The molecule has 5 nitrogen and oxygen atoms in total. The molecule has 0 radical (unpaired) electrons. The Morgan fingerprint density at radius 3 is 2.78 bits per heavy atom. The van der Waals surface area contributed by atoms with E-state index < -0.39 is 5.97 Å². The molecule has 0 saturated carbocycles. The maximum absolute atomic E-state index is 11.2. The number of benzene rings is 2. The monoisotopic (exact) mass is 310 g/mol. The van der Waals surface area contributed by atoms with Gasteiger partial charge >= 0.3 is 5.97 Å². The van der Waals surface area contributed by atoms with Gasteiger partial charge < -0.3 is 13.9 Å². The minimum Gasteiger partial charge on any atom is -0.481 e. The van der Waals surface area contributed by atoms with Crippen molar-refractivity contribution in [2.75, 3.05) is 13.7 Å². The fourth-order valence-electron chi connectivity index (χ4n) is 2.26. The van der Waals surface area contributed by atoms with Crippen molar-refractivity contribution in [2.45, 2.75) is 0 Å². The van der Waals surface area contributed by atoms with Crippen LogP contribution in [-0.4, -0.2) is 26.0 Å². The van der Waals surface area contributed by atoms with Crippen molar-refractivity contribution in [3.05, 3.63) is 54.1 Å². The summed E-state index contributed by atoms with van der Waals surface area (Å²) in [6.07, 6.45) is 0.791. The zero-order valence-electron chi connectivity index (χ0n) is 12.4. The number of methoxy groups -OCH3 is 1. The molecule has 0 spiro atoms. The Balaban J connectivity index is 1.98.